The molecule has 1 N–H and O–H groups in total. The fourth-order valence-corrected chi connectivity index (χ4v) is 4.67. The second-order valence-electron chi connectivity index (χ2n) is 9.37. The Hall–Kier alpha value is -3.27. The Bertz CT molecular complexity index is 1020. The van der Waals surface area contributed by atoms with Crippen LogP contribution in [0.4, 0.5) is 0 Å². The molecule has 1 fully saturated rings. The van der Waals surface area contributed by atoms with Gasteiger partial charge in [-0.15, -0.1) is 0 Å². The van der Waals surface area contributed by atoms with E-state index in [0.717, 1.165) is 36.3 Å². The minimum atomic E-state index is -0.0167. The molecule has 1 amide bonds. The number of carbonyl (C=O) groups is 1. The average Bonchev–Trinajstić information content (AvgIpc) is 2.85. The molecule has 0 radical (unpaired) electrons. The Morgan fingerprint density at radius 1 is 0.853 bits per heavy atom. The van der Waals surface area contributed by atoms with Gasteiger partial charge in [0.05, 0.1) is 12.1 Å². The molecule has 0 aliphatic heterocycles. The minimum Gasteiger partial charge on any atom is -0.490 e. The molecule has 1 unspecified atom stereocenters. The highest BCUT2D eigenvalue weighted by Gasteiger charge is 2.22. The third-order valence-corrected chi connectivity index (χ3v) is 6.59. The van der Waals surface area contributed by atoms with E-state index in [9.17, 15) is 4.79 Å². The van der Waals surface area contributed by atoms with Gasteiger partial charge in [0, 0.05) is 6.92 Å². The van der Waals surface area contributed by atoms with Crippen LogP contribution in [0.5, 0.6) is 11.5 Å². The first-order chi connectivity index (χ1) is 16.5. The maximum Gasteiger partial charge on any atom is 0.217 e. The van der Waals surface area contributed by atoms with E-state index >= 15 is 0 Å². The van der Waals surface area contributed by atoms with E-state index in [1.807, 2.05) is 49.4 Å². The van der Waals surface area contributed by atoms with Gasteiger partial charge in [-0.05, 0) is 85.9 Å². The second-order valence-corrected chi connectivity index (χ2v) is 9.37. The molecule has 1 aliphatic rings. The predicted octanol–water partition coefficient (Wildman–Crippen LogP) is 6.64. The van der Waals surface area contributed by atoms with Crippen LogP contribution in [0.2, 0.25) is 0 Å². The molecule has 34 heavy (non-hydrogen) atoms. The van der Waals surface area contributed by atoms with Crippen molar-refractivity contribution in [2.45, 2.75) is 64.7 Å². The Labute approximate surface area is 203 Å². The number of carbonyl (C=O) groups excluding carboxylic acids is 1. The lowest BCUT2D eigenvalue weighted by Crippen LogP contribution is -2.25. The molecule has 3 aromatic carbocycles. The molecule has 1 atom stereocenters. The van der Waals surface area contributed by atoms with Crippen LogP contribution in [0, 0.1) is 5.92 Å². The van der Waals surface area contributed by atoms with Crippen molar-refractivity contribution in [2.75, 3.05) is 0 Å². The Kier molecular flexibility index (Phi) is 8.24. The van der Waals surface area contributed by atoms with Gasteiger partial charge in [0.2, 0.25) is 5.91 Å². The molecule has 178 valence electrons. The first kappa shape index (κ1) is 23.9. The summed E-state index contributed by atoms with van der Waals surface area (Å²) < 4.78 is 12.2. The molecular weight excluding hydrogens is 422 g/mol. The van der Waals surface area contributed by atoms with Gasteiger partial charge >= 0.3 is 0 Å². The monoisotopic (exact) mass is 457 g/mol. The number of hydrogen-bond acceptors (Lipinski definition) is 3. The maximum absolute atomic E-state index is 11.2. The van der Waals surface area contributed by atoms with Crippen molar-refractivity contribution in [1.29, 1.82) is 0 Å². The second kappa shape index (κ2) is 11.7. The Morgan fingerprint density at radius 3 is 2.15 bits per heavy atom. The van der Waals surface area contributed by atoms with Gasteiger partial charge in [0.15, 0.2) is 0 Å². The number of nitrogens with one attached hydrogen (secondary N) is 1. The summed E-state index contributed by atoms with van der Waals surface area (Å²) in [5.74, 6) is 2.52. The summed E-state index contributed by atoms with van der Waals surface area (Å²) in [7, 11) is 0. The normalized spacial score (nSPS) is 18.6. The Balaban J connectivity index is 1.19. The first-order valence-corrected chi connectivity index (χ1v) is 12.3. The fourth-order valence-electron chi connectivity index (χ4n) is 4.67. The minimum absolute atomic E-state index is 0.00600. The maximum atomic E-state index is 11.2. The van der Waals surface area contributed by atoms with Crippen LogP contribution in [0.25, 0.3) is 0 Å². The van der Waals surface area contributed by atoms with Crippen molar-refractivity contribution in [1.82, 2.24) is 5.32 Å². The van der Waals surface area contributed by atoms with Crippen LogP contribution in [0.1, 0.15) is 62.3 Å². The SMILES string of the molecule is CC(=O)NC(C)c1ccc(OC2CCC(Cc3ccc(OCc4ccccc4)cc3)CC2)cc1. The lowest BCUT2D eigenvalue weighted by molar-refractivity contribution is -0.119. The van der Waals surface area contributed by atoms with Gasteiger partial charge in [-0.2, -0.15) is 0 Å². The van der Waals surface area contributed by atoms with Gasteiger partial charge in [-0.1, -0.05) is 54.6 Å². The van der Waals surface area contributed by atoms with Crippen LogP contribution in [-0.4, -0.2) is 12.0 Å². The quantitative estimate of drug-likeness (QED) is 0.392. The van der Waals surface area contributed by atoms with Crippen molar-refractivity contribution in [3.05, 3.63) is 95.6 Å². The van der Waals surface area contributed by atoms with Crippen LogP contribution in [0.3, 0.4) is 0 Å². The van der Waals surface area contributed by atoms with E-state index in [1.165, 1.54) is 24.0 Å². The predicted molar refractivity (Wildman–Crippen MR) is 136 cm³/mol. The zero-order valence-electron chi connectivity index (χ0n) is 20.2. The molecule has 0 bridgehead atoms. The molecule has 4 nitrogen and oxygen atoms in total. The summed E-state index contributed by atoms with van der Waals surface area (Å²) >= 11 is 0. The molecule has 4 heteroatoms. The lowest BCUT2D eigenvalue weighted by Gasteiger charge is -2.29. The number of amides is 1. The summed E-state index contributed by atoms with van der Waals surface area (Å²) in [5.41, 5.74) is 3.64. The first-order valence-electron chi connectivity index (χ1n) is 12.3. The number of ether oxygens (including phenoxy) is 2. The molecule has 0 saturated heterocycles. The molecule has 4 rings (SSSR count). The summed E-state index contributed by atoms with van der Waals surface area (Å²) in [5, 5.41) is 2.91. The van der Waals surface area contributed by atoms with Crippen molar-refractivity contribution in [3.8, 4) is 11.5 Å². The molecule has 3 aromatic rings. The third kappa shape index (κ3) is 7.11. The van der Waals surface area contributed by atoms with Gasteiger partial charge in [-0.25, -0.2) is 0 Å². The van der Waals surface area contributed by atoms with E-state index in [0.29, 0.717) is 12.5 Å². The summed E-state index contributed by atoms with van der Waals surface area (Å²) in [4.78, 5) is 11.2. The van der Waals surface area contributed by atoms with Gasteiger partial charge in [-0.3, -0.25) is 4.79 Å². The van der Waals surface area contributed by atoms with Crippen molar-refractivity contribution < 1.29 is 14.3 Å². The molecule has 0 spiro atoms. The topological polar surface area (TPSA) is 47.6 Å². The van der Waals surface area contributed by atoms with E-state index in [1.54, 1.807) is 6.92 Å². The molecule has 0 heterocycles. The van der Waals surface area contributed by atoms with Gasteiger partial charge in [0.25, 0.3) is 0 Å². The van der Waals surface area contributed by atoms with Crippen LogP contribution in [0.15, 0.2) is 78.9 Å². The number of benzene rings is 3. The third-order valence-electron chi connectivity index (χ3n) is 6.59. The zero-order valence-corrected chi connectivity index (χ0v) is 20.2. The molecular formula is C30H35NO3. The highest BCUT2D eigenvalue weighted by Crippen LogP contribution is 2.31. The number of rotatable bonds is 9. The van der Waals surface area contributed by atoms with Crippen molar-refractivity contribution in [2.24, 2.45) is 5.92 Å². The van der Waals surface area contributed by atoms with Crippen molar-refractivity contribution >= 4 is 5.91 Å². The van der Waals surface area contributed by atoms with E-state index in [2.05, 4.69) is 41.7 Å². The molecule has 1 saturated carbocycles. The smallest absolute Gasteiger partial charge is 0.217 e. The molecule has 1 aliphatic carbocycles. The highest BCUT2D eigenvalue weighted by molar-refractivity contribution is 5.73. The van der Waals surface area contributed by atoms with E-state index in [-0.39, 0.29) is 18.1 Å². The van der Waals surface area contributed by atoms with Gasteiger partial charge in [0.1, 0.15) is 18.1 Å². The van der Waals surface area contributed by atoms with Crippen LogP contribution in [-0.2, 0) is 17.8 Å². The Morgan fingerprint density at radius 2 is 1.50 bits per heavy atom. The summed E-state index contributed by atoms with van der Waals surface area (Å²) in [6.07, 6.45) is 5.95. The largest absolute Gasteiger partial charge is 0.490 e. The lowest BCUT2D eigenvalue weighted by atomic mass is 9.83. The zero-order chi connectivity index (χ0) is 23.8. The van der Waals surface area contributed by atoms with Crippen LogP contribution < -0.4 is 14.8 Å². The molecule has 0 aromatic heterocycles. The van der Waals surface area contributed by atoms with E-state index < -0.39 is 0 Å². The standard InChI is InChI=1S/C30H35NO3/c1-22(31-23(2)32)27-12-18-30(19-13-27)34-29-16-10-25(11-17-29)20-24-8-14-28(15-9-24)33-21-26-6-4-3-5-7-26/h3-9,12-15,18-19,22,25,29H,10-11,16-17,20-21H2,1-2H3,(H,31,32). The summed E-state index contributed by atoms with van der Waals surface area (Å²) in [6.45, 7) is 4.13. The summed E-state index contributed by atoms with van der Waals surface area (Å²) in [6, 6.07) is 26.9. The van der Waals surface area contributed by atoms with Crippen molar-refractivity contribution in [3.63, 3.8) is 0 Å². The van der Waals surface area contributed by atoms with E-state index in [4.69, 9.17) is 9.47 Å². The highest BCUT2D eigenvalue weighted by atomic mass is 16.5. The number of hydrogen-bond donors (Lipinski definition) is 1. The van der Waals surface area contributed by atoms with Crippen LogP contribution >= 0.6 is 0 Å². The van der Waals surface area contributed by atoms with Gasteiger partial charge < -0.3 is 14.8 Å². The fraction of sp³-hybridized carbons (Fsp3) is 0.367. The average molecular weight is 458 g/mol.